The summed E-state index contributed by atoms with van der Waals surface area (Å²) >= 11 is 3.70. The molecule has 1 unspecified atom stereocenters. The third-order valence-electron chi connectivity index (χ3n) is 4.26. The van der Waals surface area contributed by atoms with Gasteiger partial charge in [-0.25, -0.2) is 0 Å². The van der Waals surface area contributed by atoms with Crippen molar-refractivity contribution in [1.29, 1.82) is 0 Å². The predicted octanol–water partition coefficient (Wildman–Crippen LogP) is 2.91. The maximum atomic E-state index is 5.29. The Kier molecular flexibility index (Phi) is 4.68. The molecule has 0 radical (unpaired) electrons. The largest absolute Gasteiger partial charge is 0.384 e. The quantitative estimate of drug-likeness (QED) is 0.722. The molecule has 0 aromatic heterocycles. The van der Waals surface area contributed by atoms with Crippen LogP contribution in [0.5, 0.6) is 0 Å². The molecule has 1 aliphatic heterocycles. The average molecular weight is 290 g/mol. The van der Waals surface area contributed by atoms with E-state index < -0.39 is 0 Å². The second-order valence-electron chi connectivity index (χ2n) is 5.69. The lowest BCUT2D eigenvalue weighted by Gasteiger charge is -2.46. The highest BCUT2D eigenvalue weighted by Gasteiger charge is 2.38. The van der Waals surface area contributed by atoms with E-state index in [2.05, 4.69) is 20.8 Å². The van der Waals surface area contributed by atoms with Crippen LogP contribution >= 0.6 is 15.9 Å². The summed E-state index contributed by atoms with van der Waals surface area (Å²) in [6, 6.07) is 0. The Labute approximate surface area is 108 Å². The molecule has 0 aromatic rings. The van der Waals surface area contributed by atoms with Gasteiger partial charge in [0.15, 0.2) is 0 Å². The molecule has 1 aliphatic carbocycles. The molecule has 2 nitrogen and oxygen atoms in total. The summed E-state index contributed by atoms with van der Waals surface area (Å²) in [6.07, 6.45) is 6.98. The summed E-state index contributed by atoms with van der Waals surface area (Å²) in [5, 5.41) is 1.19. The minimum atomic E-state index is 0.606. The van der Waals surface area contributed by atoms with Crippen LogP contribution in [0.25, 0.3) is 0 Å². The minimum absolute atomic E-state index is 0.606. The number of rotatable bonds is 5. The highest BCUT2D eigenvalue weighted by atomic mass is 79.9. The van der Waals surface area contributed by atoms with Gasteiger partial charge in [-0.2, -0.15) is 0 Å². The summed E-state index contributed by atoms with van der Waals surface area (Å²) < 4.78 is 5.29. The summed E-state index contributed by atoms with van der Waals surface area (Å²) in [7, 11) is 1.82. The lowest BCUT2D eigenvalue weighted by Crippen LogP contribution is -2.47. The van der Waals surface area contributed by atoms with Crippen molar-refractivity contribution >= 4 is 15.9 Å². The van der Waals surface area contributed by atoms with Crippen LogP contribution in [-0.4, -0.2) is 43.6 Å². The highest BCUT2D eigenvalue weighted by Crippen LogP contribution is 2.43. The van der Waals surface area contributed by atoms with Crippen LogP contribution in [-0.2, 0) is 4.74 Å². The first kappa shape index (κ1) is 12.8. The van der Waals surface area contributed by atoms with E-state index in [0.717, 1.165) is 12.5 Å². The molecule has 3 heteroatoms. The summed E-state index contributed by atoms with van der Waals surface area (Å²) in [4.78, 5) is 2.67. The standard InChI is InChI=1S/C13H24BrNO/c1-16-9-12-4-2-7-15(8-12)11-13(10-14)5-3-6-13/h12H,2-11H2,1H3. The van der Waals surface area contributed by atoms with E-state index in [1.807, 2.05) is 7.11 Å². The van der Waals surface area contributed by atoms with Crippen LogP contribution in [0.15, 0.2) is 0 Å². The fraction of sp³-hybridized carbons (Fsp3) is 1.00. The van der Waals surface area contributed by atoms with E-state index in [1.54, 1.807) is 0 Å². The van der Waals surface area contributed by atoms with Crippen molar-refractivity contribution in [3.05, 3.63) is 0 Å². The minimum Gasteiger partial charge on any atom is -0.384 e. The molecule has 2 fully saturated rings. The third kappa shape index (κ3) is 2.99. The first-order valence-corrected chi connectivity index (χ1v) is 7.67. The number of methoxy groups -OCH3 is 1. The second-order valence-corrected chi connectivity index (χ2v) is 6.25. The molecule has 0 spiro atoms. The molecule has 1 saturated heterocycles. The van der Waals surface area contributed by atoms with E-state index >= 15 is 0 Å². The van der Waals surface area contributed by atoms with Crippen LogP contribution in [0.3, 0.4) is 0 Å². The van der Waals surface area contributed by atoms with Crippen LogP contribution < -0.4 is 0 Å². The molecule has 0 amide bonds. The van der Waals surface area contributed by atoms with Crippen molar-refractivity contribution < 1.29 is 4.74 Å². The molecule has 0 N–H and O–H groups in total. The molecule has 0 aromatic carbocycles. The molecular formula is C13H24BrNO. The van der Waals surface area contributed by atoms with Gasteiger partial charge >= 0.3 is 0 Å². The molecule has 2 rings (SSSR count). The second kappa shape index (κ2) is 5.83. The Hall–Kier alpha value is 0.400. The predicted molar refractivity (Wildman–Crippen MR) is 71.1 cm³/mol. The number of hydrogen-bond acceptors (Lipinski definition) is 2. The number of halogens is 1. The SMILES string of the molecule is COCC1CCCN(CC2(CBr)CCC2)C1. The van der Waals surface area contributed by atoms with E-state index in [9.17, 15) is 0 Å². The number of alkyl halides is 1. The van der Waals surface area contributed by atoms with Gasteiger partial charge in [-0.05, 0) is 43.6 Å². The van der Waals surface area contributed by atoms with Gasteiger partial charge in [-0.1, -0.05) is 22.4 Å². The monoisotopic (exact) mass is 289 g/mol. The smallest absolute Gasteiger partial charge is 0.0502 e. The topological polar surface area (TPSA) is 12.5 Å². The zero-order valence-electron chi connectivity index (χ0n) is 10.4. The van der Waals surface area contributed by atoms with Crippen LogP contribution in [0.2, 0.25) is 0 Å². The van der Waals surface area contributed by atoms with E-state index in [0.29, 0.717) is 5.41 Å². The van der Waals surface area contributed by atoms with Gasteiger partial charge < -0.3 is 9.64 Å². The van der Waals surface area contributed by atoms with Crippen molar-refractivity contribution in [2.75, 3.05) is 38.7 Å². The van der Waals surface area contributed by atoms with Gasteiger partial charge in [0.25, 0.3) is 0 Å². The Morgan fingerprint density at radius 3 is 2.75 bits per heavy atom. The Balaban J connectivity index is 1.80. The van der Waals surface area contributed by atoms with Crippen molar-refractivity contribution in [3.63, 3.8) is 0 Å². The van der Waals surface area contributed by atoms with Crippen LogP contribution in [0, 0.1) is 11.3 Å². The van der Waals surface area contributed by atoms with Crippen LogP contribution in [0.1, 0.15) is 32.1 Å². The van der Waals surface area contributed by atoms with Gasteiger partial charge in [-0.15, -0.1) is 0 Å². The van der Waals surface area contributed by atoms with Gasteiger partial charge in [0.2, 0.25) is 0 Å². The van der Waals surface area contributed by atoms with Crippen LogP contribution in [0.4, 0.5) is 0 Å². The first-order chi connectivity index (χ1) is 7.78. The molecular weight excluding hydrogens is 266 g/mol. The normalized spacial score (nSPS) is 30.0. The number of likely N-dealkylation sites (tertiary alicyclic amines) is 1. The molecule has 1 saturated carbocycles. The Morgan fingerprint density at radius 1 is 1.38 bits per heavy atom. The first-order valence-electron chi connectivity index (χ1n) is 6.55. The highest BCUT2D eigenvalue weighted by molar-refractivity contribution is 9.09. The summed E-state index contributed by atoms with van der Waals surface area (Å²) in [5.74, 6) is 0.770. The van der Waals surface area contributed by atoms with Gasteiger partial charge in [0.05, 0.1) is 6.61 Å². The van der Waals surface area contributed by atoms with Crippen molar-refractivity contribution in [2.45, 2.75) is 32.1 Å². The number of nitrogens with zero attached hydrogens (tertiary/aromatic N) is 1. The van der Waals surface area contributed by atoms with Gasteiger partial charge in [0, 0.05) is 25.5 Å². The number of ether oxygens (including phenoxy) is 1. The maximum Gasteiger partial charge on any atom is 0.0502 e. The van der Waals surface area contributed by atoms with E-state index in [-0.39, 0.29) is 0 Å². The Morgan fingerprint density at radius 2 is 2.19 bits per heavy atom. The van der Waals surface area contributed by atoms with E-state index in [1.165, 1.54) is 57.1 Å². The number of piperidine rings is 1. The van der Waals surface area contributed by atoms with Crippen molar-refractivity contribution in [3.8, 4) is 0 Å². The fourth-order valence-corrected chi connectivity index (χ4v) is 3.89. The Bertz CT molecular complexity index is 210. The molecule has 2 aliphatic rings. The molecule has 94 valence electrons. The van der Waals surface area contributed by atoms with Gasteiger partial charge in [-0.3, -0.25) is 0 Å². The van der Waals surface area contributed by atoms with Crippen molar-refractivity contribution in [2.24, 2.45) is 11.3 Å². The molecule has 1 heterocycles. The maximum absolute atomic E-state index is 5.29. The molecule has 1 atom stereocenters. The summed E-state index contributed by atoms with van der Waals surface area (Å²) in [6.45, 7) is 4.80. The molecule has 0 bridgehead atoms. The van der Waals surface area contributed by atoms with Crippen molar-refractivity contribution in [1.82, 2.24) is 4.90 Å². The van der Waals surface area contributed by atoms with Gasteiger partial charge in [0.1, 0.15) is 0 Å². The fourth-order valence-electron chi connectivity index (χ4n) is 3.15. The van der Waals surface area contributed by atoms with E-state index in [4.69, 9.17) is 4.74 Å². The lowest BCUT2D eigenvalue weighted by atomic mass is 9.70. The third-order valence-corrected chi connectivity index (χ3v) is 5.45. The zero-order valence-corrected chi connectivity index (χ0v) is 12.0. The zero-order chi connectivity index (χ0) is 11.4. The average Bonchev–Trinajstić information content (AvgIpc) is 2.25. The summed E-state index contributed by atoms with van der Waals surface area (Å²) in [5.41, 5.74) is 0.606. The number of hydrogen-bond donors (Lipinski definition) is 0. The lowest BCUT2D eigenvalue weighted by molar-refractivity contribution is 0.0415. The molecule has 16 heavy (non-hydrogen) atoms.